The molecule has 0 aliphatic heterocycles. The van der Waals surface area contributed by atoms with E-state index >= 15 is 0 Å². The maximum Gasteiger partial charge on any atom is 0.235 e. The van der Waals surface area contributed by atoms with E-state index in [1.807, 2.05) is 50.2 Å². The minimum Gasteiger partial charge on any atom is -0.473 e. The molecule has 0 unspecified atom stereocenters. The van der Waals surface area contributed by atoms with E-state index in [1.165, 1.54) is 0 Å². The minimum atomic E-state index is -0.0808. The van der Waals surface area contributed by atoms with Crippen molar-refractivity contribution in [3.8, 4) is 5.88 Å². The summed E-state index contributed by atoms with van der Waals surface area (Å²) in [6, 6.07) is 16.0. The topological polar surface area (TPSA) is 92.8 Å². The molecule has 32 heavy (non-hydrogen) atoms. The first kappa shape index (κ1) is 20.2. The Labute approximate surface area is 186 Å². The largest absolute Gasteiger partial charge is 0.473 e. The number of hydrogen-bond donors (Lipinski definition) is 2. The van der Waals surface area contributed by atoms with Crippen LogP contribution in [0.3, 0.4) is 0 Å². The molecule has 0 spiro atoms. The SMILES string of the molecule is Cc1cnc(C)c(OC2CC(c3cc(NC(=O)Cc4cccc5ccccc45)n[nH]3)C2)n1. The third-order valence-corrected chi connectivity index (χ3v) is 5.94. The van der Waals surface area contributed by atoms with Gasteiger partial charge in [0.05, 0.1) is 17.8 Å². The monoisotopic (exact) mass is 427 g/mol. The second-order valence-electron chi connectivity index (χ2n) is 8.38. The van der Waals surface area contributed by atoms with Gasteiger partial charge in [0, 0.05) is 23.9 Å². The van der Waals surface area contributed by atoms with Crippen molar-refractivity contribution in [1.82, 2.24) is 20.2 Å². The predicted molar refractivity (Wildman–Crippen MR) is 123 cm³/mol. The molecule has 0 saturated heterocycles. The highest BCUT2D eigenvalue weighted by atomic mass is 16.5. The number of carbonyl (C=O) groups excluding carboxylic acids is 1. The molecule has 0 bridgehead atoms. The lowest BCUT2D eigenvalue weighted by atomic mass is 9.80. The smallest absolute Gasteiger partial charge is 0.235 e. The van der Waals surface area contributed by atoms with Crippen molar-refractivity contribution < 1.29 is 9.53 Å². The number of anilines is 1. The van der Waals surface area contributed by atoms with E-state index in [-0.39, 0.29) is 12.0 Å². The van der Waals surface area contributed by atoms with Gasteiger partial charge in [-0.1, -0.05) is 42.5 Å². The zero-order valence-electron chi connectivity index (χ0n) is 18.1. The molecule has 1 amide bonds. The van der Waals surface area contributed by atoms with E-state index in [2.05, 4.69) is 37.6 Å². The number of ether oxygens (including phenoxy) is 1. The molecule has 5 rings (SSSR count). The van der Waals surface area contributed by atoms with Crippen LogP contribution >= 0.6 is 0 Å². The maximum absolute atomic E-state index is 12.6. The van der Waals surface area contributed by atoms with Gasteiger partial charge in [-0.25, -0.2) is 4.98 Å². The number of carbonyl (C=O) groups is 1. The standard InChI is InChI=1S/C25H25N5O2/c1-15-14-26-16(2)25(27-15)32-20-10-19(11-20)22-13-23(30-29-22)28-24(31)12-18-8-5-7-17-6-3-4-9-21(17)18/h3-9,13-14,19-20H,10-12H2,1-2H3,(H2,28,29,30,31). The summed E-state index contributed by atoms with van der Waals surface area (Å²) in [5.41, 5.74) is 3.66. The molecular weight excluding hydrogens is 402 g/mol. The fraction of sp³-hybridized carbons (Fsp3) is 0.280. The molecule has 4 aromatic rings. The van der Waals surface area contributed by atoms with Crippen LogP contribution < -0.4 is 10.1 Å². The van der Waals surface area contributed by atoms with Crippen molar-refractivity contribution >= 4 is 22.5 Å². The normalized spacial score (nSPS) is 17.7. The Morgan fingerprint density at radius 2 is 1.97 bits per heavy atom. The highest BCUT2D eigenvalue weighted by molar-refractivity contribution is 5.95. The molecule has 1 aliphatic rings. The van der Waals surface area contributed by atoms with Gasteiger partial charge in [-0.05, 0) is 43.0 Å². The number of fused-ring (bicyclic) bond motifs is 1. The lowest BCUT2D eigenvalue weighted by Crippen LogP contribution is -2.33. The molecular formula is C25H25N5O2. The summed E-state index contributed by atoms with van der Waals surface area (Å²) in [7, 11) is 0. The number of H-pyrrole nitrogens is 1. The Kier molecular flexibility index (Phi) is 5.31. The quantitative estimate of drug-likeness (QED) is 0.473. The molecule has 162 valence electrons. The maximum atomic E-state index is 12.6. The molecule has 0 atom stereocenters. The first-order chi connectivity index (χ1) is 15.5. The van der Waals surface area contributed by atoms with Gasteiger partial charge in [0.1, 0.15) is 6.10 Å². The molecule has 2 aromatic heterocycles. The van der Waals surface area contributed by atoms with E-state index in [0.717, 1.165) is 46.3 Å². The Balaban J connectivity index is 1.17. The van der Waals surface area contributed by atoms with E-state index in [4.69, 9.17) is 4.74 Å². The molecule has 1 saturated carbocycles. The Morgan fingerprint density at radius 1 is 1.16 bits per heavy atom. The fourth-order valence-corrected chi connectivity index (χ4v) is 4.12. The second-order valence-corrected chi connectivity index (χ2v) is 8.38. The van der Waals surface area contributed by atoms with Crippen molar-refractivity contribution in [3.05, 3.63) is 77.4 Å². The highest BCUT2D eigenvalue weighted by Crippen LogP contribution is 2.39. The lowest BCUT2D eigenvalue weighted by molar-refractivity contribution is -0.115. The van der Waals surface area contributed by atoms with E-state index in [0.29, 0.717) is 24.0 Å². The van der Waals surface area contributed by atoms with Crippen LogP contribution in [0.5, 0.6) is 5.88 Å². The summed E-state index contributed by atoms with van der Waals surface area (Å²) >= 11 is 0. The van der Waals surface area contributed by atoms with Crippen molar-refractivity contribution in [1.29, 1.82) is 0 Å². The second kappa shape index (κ2) is 8.42. The molecule has 2 N–H and O–H groups in total. The lowest BCUT2D eigenvalue weighted by Gasteiger charge is -2.34. The fourth-order valence-electron chi connectivity index (χ4n) is 4.12. The van der Waals surface area contributed by atoms with E-state index in [1.54, 1.807) is 6.20 Å². The van der Waals surface area contributed by atoms with Crippen molar-refractivity contribution in [2.45, 2.75) is 45.1 Å². The van der Waals surface area contributed by atoms with Gasteiger partial charge in [0.15, 0.2) is 5.82 Å². The van der Waals surface area contributed by atoms with Crippen LogP contribution in [-0.4, -0.2) is 32.2 Å². The van der Waals surface area contributed by atoms with Gasteiger partial charge in [0.2, 0.25) is 11.8 Å². The molecule has 2 heterocycles. The van der Waals surface area contributed by atoms with Gasteiger partial charge in [0.25, 0.3) is 0 Å². The van der Waals surface area contributed by atoms with Gasteiger partial charge >= 0.3 is 0 Å². The van der Waals surface area contributed by atoms with Crippen LogP contribution in [0.15, 0.2) is 54.7 Å². The predicted octanol–water partition coefficient (Wildman–Crippen LogP) is 4.48. The zero-order valence-corrected chi connectivity index (χ0v) is 18.1. The van der Waals surface area contributed by atoms with Crippen LogP contribution in [-0.2, 0) is 11.2 Å². The number of aryl methyl sites for hydroxylation is 2. The average molecular weight is 428 g/mol. The summed E-state index contributed by atoms with van der Waals surface area (Å²) in [4.78, 5) is 21.3. The third kappa shape index (κ3) is 4.19. The van der Waals surface area contributed by atoms with Crippen LogP contribution in [0.1, 0.15) is 41.4 Å². The number of aromatic nitrogens is 4. The van der Waals surface area contributed by atoms with Gasteiger partial charge in [-0.2, -0.15) is 5.10 Å². The van der Waals surface area contributed by atoms with Gasteiger partial charge in [-0.15, -0.1) is 0 Å². The summed E-state index contributed by atoms with van der Waals surface area (Å²) in [5.74, 6) is 1.41. The van der Waals surface area contributed by atoms with Gasteiger partial charge in [-0.3, -0.25) is 14.9 Å². The van der Waals surface area contributed by atoms with E-state index in [9.17, 15) is 4.79 Å². The van der Waals surface area contributed by atoms with Gasteiger partial charge < -0.3 is 10.1 Å². The summed E-state index contributed by atoms with van der Waals surface area (Å²) in [6.45, 7) is 3.81. The Hall–Kier alpha value is -3.74. The Morgan fingerprint density at radius 3 is 2.84 bits per heavy atom. The number of nitrogens with zero attached hydrogens (tertiary/aromatic N) is 3. The van der Waals surface area contributed by atoms with E-state index < -0.39 is 0 Å². The number of hydrogen-bond acceptors (Lipinski definition) is 5. The van der Waals surface area contributed by atoms with Crippen molar-refractivity contribution in [3.63, 3.8) is 0 Å². The highest BCUT2D eigenvalue weighted by Gasteiger charge is 2.34. The van der Waals surface area contributed by atoms with Crippen LogP contribution in [0, 0.1) is 13.8 Å². The van der Waals surface area contributed by atoms with Crippen molar-refractivity contribution in [2.24, 2.45) is 0 Å². The van der Waals surface area contributed by atoms with Crippen LogP contribution in [0.25, 0.3) is 10.8 Å². The number of amides is 1. The Bertz CT molecular complexity index is 1270. The summed E-state index contributed by atoms with van der Waals surface area (Å²) in [6.07, 6.45) is 3.91. The number of nitrogens with one attached hydrogen (secondary N) is 2. The summed E-state index contributed by atoms with van der Waals surface area (Å²) in [5, 5.41) is 12.5. The molecule has 7 nitrogen and oxygen atoms in total. The number of benzene rings is 2. The third-order valence-electron chi connectivity index (χ3n) is 5.94. The zero-order chi connectivity index (χ0) is 22.1. The summed E-state index contributed by atoms with van der Waals surface area (Å²) < 4.78 is 6.01. The molecule has 1 fully saturated rings. The molecule has 7 heteroatoms. The van der Waals surface area contributed by atoms with Crippen LogP contribution in [0.2, 0.25) is 0 Å². The van der Waals surface area contributed by atoms with Crippen LogP contribution in [0.4, 0.5) is 5.82 Å². The molecule has 0 radical (unpaired) electrons. The molecule has 1 aliphatic carbocycles. The first-order valence-corrected chi connectivity index (χ1v) is 10.8. The minimum absolute atomic E-state index is 0.0808. The van der Waals surface area contributed by atoms with Crippen molar-refractivity contribution in [2.75, 3.05) is 5.32 Å². The first-order valence-electron chi connectivity index (χ1n) is 10.8. The average Bonchev–Trinajstić information content (AvgIpc) is 3.20. The molecule has 2 aromatic carbocycles. The number of aromatic amines is 1. The number of rotatable bonds is 6.